The number of imide groups is 1. The number of fused-ring (bicyclic) bond motifs is 1. The minimum absolute atomic E-state index is 0.0996. The van der Waals surface area contributed by atoms with Gasteiger partial charge in [0.15, 0.2) is 0 Å². The van der Waals surface area contributed by atoms with Crippen molar-refractivity contribution in [1.29, 1.82) is 0 Å². The molecule has 5 rings (SSSR count). The molecule has 0 N–H and O–H groups in total. The molecule has 0 aromatic heterocycles. The van der Waals surface area contributed by atoms with E-state index in [9.17, 15) is 18.8 Å². The fourth-order valence-electron chi connectivity index (χ4n) is 5.21. The van der Waals surface area contributed by atoms with Crippen LogP contribution in [0, 0.1) is 17.7 Å². The highest BCUT2D eigenvalue weighted by Gasteiger charge is 2.48. The normalized spacial score (nSPS) is 23.5. The Morgan fingerprint density at radius 1 is 0.812 bits per heavy atom. The second-order valence-corrected chi connectivity index (χ2v) is 8.79. The molecule has 0 radical (unpaired) electrons. The Hall–Kier alpha value is -3.22. The smallest absolute Gasteiger partial charge is 0.253 e. The number of rotatable bonds is 3. The summed E-state index contributed by atoms with van der Waals surface area (Å²) in [7, 11) is 0. The molecule has 6 nitrogen and oxygen atoms in total. The van der Waals surface area contributed by atoms with E-state index in [1.165, 1.54) is 11.0 Å². The van der Waals surface area contributed by atoms with E-state index in [0.717, 1.165) is 25.7 Å². The lowest BCUT2D eigenvalue weighted by Gasteiger charge is -2.36. The zero-order valence-electron chi connectivity index (χ0n) is 17.9. The molecule has 1 aliphatic carbocycles. The predicted molar refractivity (Wildman–Crippen MR) is 119 cm³/mol. The van der Waals surface area contributed by atoms with Crippen molar-refractivity contribution in [2.24, 2.45) is 11.8 Å². The summed E-state index contributed by atoms with van der Waals surface area (Å²) in [6, 6.07) is 13.4. The zero-order valence-corrected chi connectivity index (χ0v) is 17.9. The molecule has 1 saturated carbocycles. The van der Waals surface area contributed by atoms with E-state index >= 15 is 0 Å². The molecule has 0 unspecified atom stereocenters. The fraction of sp³-hybridized carbons (Fsp3) is 0.400. The monoisotopic (exact) mass is 435 g/mol. The first kappa shape index (κ1) is 20.7. The van der Waals surface area contributed by atoms with E-state index in [4.69, 9.17) is 0 Å². The van der Waals surface area contributed by atoms with Crippen molar-refractivity contribution in [3.63, 3.8) is 0 Å². The summed E-state index contributed by atoms with van der Waals surface area (Å²) in [6.45, 7) is 2.12. The van der Waals surface area contributed by atoms with Gasteiger partial charge in [0.2, 0.25) is 11.8 Å². The van der Waals surface area contributed by atoms with Crippen molar-refractivity contribution in [1.82, 2.24) is 4.90 Å². The lowest BCUT2D eigenvalue weighted by atomic mass is 9.81. The first-order valence-electron chi connectivity index (χ1n) is 11.3. The largest absolute Gasteiger partial charge is 0.366 e. The van der Waals surface area contributed by atoms with Gasteiger partial charge >= 0.3 is 0 Å². The Bertz CT molecular complexity index is 1020. The average Bonchev–Trinajstić information content (AvgIpc) is 3.09. The maximum Gasteiger partial charge on any atom is 0.253 e. The minimum atomic E-state index is -0.256. The van der Waals surface area contributed by atoms with Gasteiger partial charge in [-0.1, -0.05) is 25.0 Å². The number of hydrogen-bond donors (Lipinski definition) is 0. The van der Waals surface area contributed by atoms with Crippen LogP contribution >= 0.6 is 0 Å². The Morgan fingerprint density at radius 3 is 2.00 bits per heavy atom. The maximum absolute atomic E-state index is 14.0. The topological polar surface area (TPSA) is 60.9 Å². The van der Waals surface area contributed by atoms with Crippen molar-refractivity contribution in [3.8, 4) is 0 Å². The van der Waals surface area contributed by atoms with E-state index < -0.39 is 0 Å². The van der Waals surface area contributed by atoms with Gasteiger partial charge in [-0.2, -0.15) is 0 Å². The van der Waals surface area contributed by atoms with Crippen molar-refractivity contribution in [2.45, 2.75) is 25.7 Å². The molecule has 32 heavy (non-hydrogen) atoms. The van der Waals surface area contributed by atoms with Crippen molar-refractivity contribution < 1.29 is 18.8 Å². The lowest BCUT2D eigenvalue weighted by Crippen LogP contribution is -2.49. The van der Waals surface area contributed by atoms with Crippen molar-refractivity contribution in [2.75, 3.05) is 36.0 Å². The van der Waals surface area contributed by atoms with Crippen LogP contribution in [0.2, 0.25) is 0 Å². The van der Waals surface area contributed by atoms with Gasteiger partial charge in [-0.05, 0) is 49.2 Å². The van der Waals surface area contributed by atoms with Crippen LogP contribution in [0.1, 0.15) is 36.0 Å². The first-order chi connectivity index (χ1) is 15.5. The third-order valence-electron chi connectivity index (χ3n) is 6.97. The predicted octanol–water partition coefficient (Wildman–Crippen LogP) is 3.47. The molecule has 2 aliphatic heterocycles. The number of halogens is 1. The van der Waals surface area contributed by atoms with Gasteiger partial charge in [0.25, 0.3) is 5.91 Å². The van der Waals surface area contributed by atoms with Crippen LogP contribution in [0.25, 0.3) is 0 Å². The second kappa shape index (κ2) is 8.37. The van der Waals surface area contributed by atoms with E-state index in [1.807, 2.05) is 11.0 Å². The molecular formula is C25H26FN3O3. The summed E-state index contributed by atoms with van der Waals surface area (Å²) in [6.07, 6.45) is 3.54. The molecule has 3 aliphatic rings. The quantitative estimate of drug-likeness (QED) is 0.693. The Morgan fingerprint density at radius 2 is 1.41 bits per heavy atom. The van der Waals surface area contributed by atoms with Crippen LogP contribution in [0.5, 0.6) is 0 Å². The number of benzene rings is 2. The van der Waals surface area contributed by atoms with Gasteiger partial charge in [0.05, 0.1) is 23.2 Å². The third-order valence-corrected chi connectivity index (χ3v) is 6.97. The van der Waals surface area contributed by atoms with E-state index in [2.05, 4.69) is 0 Å². The first-order valence-corrected chi connectivity index (χ1v) is 11.3. The van der Waals surface area contributed by atoms with E-state index in [1.54, 1.807) is 41.3 Å². The molecule has 2 heterocycles. The lowest BCUT2D eigenvalue weighted by molar-refractivity contribution is -0.122. The molecule has 2 aromatic carbocycles. The van der Waals surface area contributed by atoms with E-state index in [0.29, 0.717) is 43.1 Å². The molecule has 166 valence electrons. The maximum atomic E-state index is 14.0. The van der Waals surface area contributed by atoms with Gasteiger partial charge in [0.1, 0.15) is 5.82 Å². The van der Waals surface area contributed by atoms with Crippen molar-refractivity contribution in [3.05, 3.63) is 59.9 Å². The highest BCUT2D eigenvalue weighted by atomic mass is 19.1. The number of piperazine rings is 1. The number of carbonyl (C=O) groups is 3. The molecule has 0 spiro atoms. The summed E-state index contributed by atoms with van der Waals surface area (Å²) in [5, 5.41) is 0. The van der Waals surface area contributed by atoms with Gasteiger partial charge in [-0.25, -0.2) is 4.39 Å². The summed E-state index contributed by atoms with van der Waals surface area (Å²) in [5.74, 6) is -0.955. The SMILES string of the molecule is O=C(c1ccc(N2C(=O)[C@H]3CCCC[C@H]3C2=O)cc1)N1CCN(c2ccccc2F)CC1. The minimum Gasteiger partial charge on any atom is -0.366 e. The summed E-state index contributed by atoms with van der Waals surface area (Å²) in [5.41, 5.74) is 1.62. The van der Waals surface area contributed by atoms with Gasteiger partial charge in [-0.15, -0.1) is 0 Å². The van der Waals surface area contributed by atoms with Gasteiger partial charge in [-0.3, -0.25) is 19.3 Å². The second-order valence-electron chi connectivity index (χ2n) is 8.79. The summed E-state index contributed by atoms with van der Waals surface area (Å²) < 4.78 is 14.0. The summed E-state index contributed by atoms with van der Waals surface area (Å²) in [4.78, 5) is 43.6. The molecular weight excluding hydrogens is 409 g/mol. The standard InChI is InChI=1S/C25H26FN3O3/c26-21-7-3-4-8-22(21)27-13-15-28(16-14-27)23(30)17-9-11-18(12-10-17)29-24(31)19-5-1-2-6-20(19)25(29)32/h3-4,7-12,19-20H,1-2,5-6,13-16H2/t19-,20+. The highest BCUT2D eigenvalue weighted by Crippen LogP contribution is 2.40. The number of amides is 3. The third kappa shape index (κ3) is 3.55. The number of para-hydroxylation sites is 1. The molecule has 2 atom stereocenters. The highest BCUT2D eigenvalue weighted by molar-refractivity contribution is 6.22. The van der Waals surface area contributed by atoms with Crippen LogP contribution < -0.4 is 9.80 Å². The van der Waals surface area contributed by atoms with Crippen LogP contribution in [0.3, 0.4) is 0 Å². The number of hydrogen-bond acceptors (Lipinski definition) is 4. The van der Waals surface area contributed by atoms with Crippen LogP contribution in [0.15, 0.2) is 48.5 Å². The molecule has 7 heteroatoms. The van der Waals surface area contributed by atoms with Crippen LogP contribution in [-0.4, -0.2) is 48.8 Å². The molecule has 2 aromatic rings. The fourth-order valence-corrected chi connectivity index (χ4v) is 5.21. The van der Waals surface area contributed by atoms with Gasteiger partial charge in [0, 0.05) is 31.7 Å². The Kier molecular flexibility index (Phi) is 5.41. The van der Waals surface area contributed by atoms with E-state index in [-0.39, 0.29) is 35.4 Å². The molecule has 3 amide bonds. The van der Waals surface area contributed by atoms with Crippen LogP contribution in [-0.2, 0) is 9.59 Å². The average molecular weight is 435 g/mol. The Balaban J connectivity index is 1.25. The zero-order chi connectivity index (χ0) is 22.2. The number of anilines is 2. The molecule has 3 fully saturated rings. The number of nitrogens with zero attached hydrogens (tertiary/aromatic N) is 3. The summed E-state index contributed by atoms with van der Waals surface area (Å²) >= 11 is 0. The molecule has 2 saturated heterocycles. The van der Waals surface area contributed by atoms with Crippen LogP contribution in [0.4, 0.5) is 15.8 Å². The Labute approximate surface area is 186 Å². The van der Waals surface area contributed by atoms with Crippen molar-refractivity contribution >= 4 is 29.1 Å². The molecule has 0 bridgehead atoms. The van der Waals surface area contributed by atoms with Gasteiger partial charge < -0.3 is 9.80 Å². The number of carbonyl (C=O) groups excluding carboxylic acids is 3.